The van der Waals surface area contributed by atoms with E-state index in [1.807, 2.05) is 38.1 Å². The van der Waals surface area contributed by atoms with Gasteiger partial charge in [0.25, 0.3) is 0 Å². The third-order valence-electron chi connectivity index (χ3n) is 3.64. The second-order valence-corrected chi connectivity index (χ2v) is 7.11. The quantitative estimate of drug-likeness (QED) is 0.744. The van der Waals surface area contributed by atoms with E-state index in [4.69, 9.17) is 11.6 Å². The lowest BCUT2D eigenvalue weighted by atomic mass is 10.0. The number of hydrogen-bond donors (Lipinski definition) is 1. The number of carbonyl (C=O) groups excluding carboxylic acids is 1. The Labute approximate surface area is 147 Å². The number of halogens is 1. The molecule has 0 aromatic heterocycles. The Kier molecular flexibility index (Phi) is 7.00. The van der Waals surface area contributed by atoms with Gasteiger partial charge in [-0.1, -0.05) is 53.6 Å². The van der Waals surface area contributed by atoms with Gasteiger partial charge in [-0.2, -0.15) is 11.8 Å². The molecular weight excluding hydrogens is 326 g/mol. The summed E-state index contributed by atoms with van der Waals surface area (Å²) in [7, 11) is 0. The molecule has 1 N–H and O–H groups in total. The van der Waals surface area contributed by atoms with E-state index in [0.29, 0.717) is 13.0 Å². The first kappa shape index (κ1) is 17.9. The number of hydrogen-bond acceptors (Lipinski definition) is 2. The summed E-state index contributed by atoms with van der Waals surface area (Å²) in [6, 6.07) is 14.1. The molecule has 0 aliphatic heterocycles. The summed E-state index contributed by atoms with van der Waals surface area (Å²) in [6.07, 6.45) is 0.447. The van der Waals surface area contributed by atoms with Crippen LogP contribution in [0.15, 0.2) is 42.5 Å². The summed E-state index contributed by atoms with van der Waals surface area (Å²) in [5, 5.41) is 3.79. The number of carbonyl (C=O) groups is 1. The molecule has 0 saturated carbocycles. The van der Waals surface area contributed by atoms with Crippen LogP contribution in [0.1, 0.15) is 22.3 Å². The van der Waals surface area contributed by atoms with Gasteiger partial charge in [0.2, 0.25) is 5.91 Å². The molecule has 0 heterocycles. The van der Waals surface area contributed by atoms with Gasteiger partial charge in [-0.15, -0.1) is 0 Å². The van der Waals surface area contributed by atoms with E-state index in [-0.39, 0.29) is 5.91 Å². The van der Waals surface area contributed by atoms with E-state index in [9.17, 15) is 4.79 Å². The van der Waals surface area contributed by atoms with E-state index in [0.717, 1.165) is 27.7 Å². The highest BCUT2D eigenvalue weighted by Gasteiger charge is 2.06. The minimum absolute atomic E-state index is 0.0806. The van der Waals surface area contributed by atoms with Crippen molar-refractivity contribution in [3.63, 3.8) is 0 Å². The van der Waals surface area contributed by atoms with Crippen molar-refractivity contribution in [1.82, 2.24) is 5.32 Å². The topological polar surface area (TPSA) is 29.1 Å². The van der Waals surface area contributed by atoms with Gasteiger partial charge >= 0.3 is 0 Å². The third-order valence-corrected chi connectivity index (χ3v) is 5.02. The van der Waals surface area contributed by atoms with Crippen molar-refractivity contribution in [3.05, 3.63) is 69.7 Å². The predicted octanol–water partition coefficient (Wildman–Crippen LogP) is 4.55. The number of rotatable bonds is 7. The van der Waals surface area contributed by atoms with Crippen molar-refractivity contribution in [3.8, 4) is 0 Å². The third kappa shape index (κ3) is 5.92. The summed E-state index contributed by atoms with van der Waals surface area (Å²) in [5.74, 6) is 1.83. The summed E-state index contributed by atoms with van der Waals surface area (Å²) in [4.78, 5) is 12.0. The monoisotopic (exact) mass is 347 g/mol. The van der Waals surface area contributed by atoms with Crippen LogP contribution in [0.5, 0.6) is 0 Å². The van der Waals surface area contributed by atoms with Gasteiger partial charge in [0, 0.05) is 23.1 Å². The summed E-state index contributed by atoms with van der Waals surface area (Å²) in [5.41, 5.74) is 4.60. The summed E-state index contributed by atoms with van der Waals surface area (Å²) >= 11 is 7.90. The van der Waals surface area contributed by atoms with Crippen molar-refractivity contribution in [2.75, 3.05) is 12.3 Å². The lowest BCUT2D eigenvalue weighted by Crippen LogP contribution is -2.27. The van der Waals surface area contributed by atoms with Gasteiger partial charge < -0.3 is 5.32 Å². The maximum atomic E-state index is 12.0. The molecule has 0 fully saturated rings. The number of aryl methyl sites for hydroxylation is 2. The maximum absolute atomic E-state index is 12.0. The first-order valence-electron chi connectivity index (χ1n) is 7.70. The molecule has 0 saturated heterocycles. The molecule has 2 aromatic rings. The van der Waals surface area contributed by atoms with Crippen molar-refractivity contribution < 1.29 is 4.79 Å². The van der Waals surface area contributed by atoms with E-state index < -0.39 is 0 Å². The van der Waals surface area contributed by atoms with Gasteiger partial charge in [0.05, 0.1) is 6.42 Å². The summed E-state index contributed by atoms with van der Waals surface area (Å²) in [6.45, 7) is 4.77. The van der Waals surface area contributed by atoms with Crippen LogP contribution in [0.25, 0.3) is 0 Å². The summed E-state index contributed by atoms with van der Waals surface area (Å²) < 4.78 is 0. The van der Waals surface area contributed by atoms with E-state index >= 15 is 0 Å². The molecule has 0 aliphatic rings. The van der Waals surface area contributed by atoms with Crippen LogP contribution in [-0.4, -0.2) is 18.2 Å². The van der Waals surface area contributed by atoms with Crippen LogP contribution < -0.4 is 5.32 Å². The minimum Gasteiger partial charge on any atom is -0.355 e. The SMILES string of the molecule is Cc1ccc(C)c(CC(=O)NCCSCc2ccccc2Cl)c1. The highest BCUT2D eigenvalue weighted by Crippen LogP contribution is 2.20. The molecular formula is C19H22ClNOS. The minimum atomic E-state index is 0.0806. The fourth-order valence-electron chi connectivity index (χ4n) is 2.29. The average molecular weight is 348 g/mol. The van der Waals surface area contributed by atoms with Gasteiger partial charge in [0.1, 0.15) is 0 Å². The molecule has 0 radical (unpaired) electrons. The Balaban J connectivity index is 1.69. The Morgan fingerprint density at radius 1 is 1.13 bits per heavy atom. The van der Waals surface area contributed by atoms with Gasteiger partial charge in [-0.25, -0.2) is 0 Å². The fraction of sp³-hybridized carbons (Fsp3) is 0.316. The first-order chi connectivity index (χ1) is 11.1. The van der Waals surface area contributed by atoms with Crippen molar-refractivity contribution in [1.29, 1.82) is 0 Å². The molecule has 23 heavy (non-hydrogen) atoms. The molecule has 0 bridgehead atoms. The number of thioether (sulfide) groups is 1. The Bertz CT molecular complexity index is 672. The Hall–Kier alpha value is -1.45. The standard InChI is InChI=1S/C19H22ClNOS/c1-14-7-8-15(2)17(11-14)12-19(22)21-9-10-23-13-16-5-3-4-6-18(16)20/h3-8,11H,9-10,12-13H2,1-2H3,(H,21,22). The number of amides is 1. The molecule has 0 spiro atoms. The molecule has 0 unspecified atom stereocenters. The zero-order valence-electron chi connectivity index (χ0n) is 13.6. The molecule has 2 aromatic carbocycles. The van der Waals surface area contributed by atoms with Gasteiger partial charge in [-0.3, -0.25) is 4.79 Å². The maximum Gasteiger partial charge on any atom is 0.224 e. The lowest BCUT2D eigenvalue weighted by Gasteiger charge is -2.09. The molecule has 0 atom stereocenters. The predicted molar refractivity (Wildman–Crippen MR) is 100 cm³/mol. The molecule has 4 heteroatoms. The normalized spacial score (nSPS) is 10.6. The van der Waals surface area contributed by atoms with E-state index in [1.165, 1.54) is 11.1 Å². The highest BCUT2D eigenvalue weighted by molar-refractivity contribution is 7.98. The molecule has 1 amide bonds. The molecule has 2 nitrogen and oxygen atoms in total. The van der Waals surface area contributed by atoms with Gasteiger partial charge in [0.15, 0.2) is 0 Å². The van der Waals surface area contributed by atoms with Crippen LogP contribution >= 0.6 is 23.4 Å². The van der Waals surface area contributed by atoms with Crippen LogP contribution in [0, 0.1) is 13.8 Å². The molecule has 0 aliphatic carbocycles. The fourth-order valence-corrected chi connectivity index (χ4v) is 3.43. The van der Waals surface area contributed by atoms with Crippen molar-refractivity contribution in [2.45, 2.75) is 26.0 Å². The average Bonchev–Trinajstić information content (AvgIpc) is 2.52. The lowest BCUT2D eigenvalue weighted by molar-refractivity contribution is -0.120. The van der Waals surface area contributed by atoms with Crippen LogP contribution in [0.3, 0.4) is 0 Å². The van der Waals surface area contributed by atoms with Crippen molar-refractivity contribution in [2.24, 2.45) is 0 Å². The smallest absolute Gasteiger partial charge is 0.224 e. The van der Waals surface area contributed by atoms with Crippen LogP contribution in [0.2, 0.25) is 5.02 Å². The second-order valence-electron chi connectivity index (χ2n) is 5.60. The van der Waals surface area contributed by atoms with Crippen molar-refractivity contribution >= 4 is 29.3 Å². The Morgan fingerprint density at radius 3 is 2.70 bits per heavy atom. The highest BCUT2D eigenvalue weighted by atomic mass is 35.5. The second kappa shape index (κ2) is 8.99. The molecule has 122 valence electrons. The van der Waals surface area contributed by atoms with Crippen LogP contribution in [0.4, 0.5) is 0 Å². The Morgan fingerprint density at radius 2 is 1.91 bits per heavy atom. The van der Waals surface area contributed by atoms with E-state index in [1.54, 1.807) is 11.8 Å². The zero-order chi connectivity index (χ0) is 16.7. The van der Waals surface area contributed by atoms with Crippen LogP contribution in [-0.2, 0) is 17.0 Å². The number of benzene rings is 2. The zero-order valence-corrected chi connectivity index (χ0v) is 15.1. The first-order valence-corrected chi connectivity index (χ1v) is 9.23. The molecule has 2 rings (SSSR count). The largest absolute Gasteiger partial charge is 0.355 e. The number of nitrogens with one attached hydrogen (secondary N) is 1. The van der Waals surface area contributed by atoms with Gasteiger partial charge in [-0.05, 0) is 36.6 Å². The van der Waals surface area contributed by atoms with E-state index in [2.05, 4.69) is 23.5 Å².